The molecule has 2 rings (SSSR count). The first-order valence-electron chi connectivity index (χ1n) is 6.01. The number of carbonyl (C=O) groups excluding carboxylic acids is 1. The first kappa shape index (κ1) is 15.9. The minimum absolute atomic E-state index is 0.0802. The molecule has 0 bridgehead atoms. The number of methoxy groups -OCH3 is 2. The second-order valence-electron chi connectivity index (χ2n) is 4.44. The van der Waals surface area contributed by atoms with Gasteiger partial charge in [0.05, 0.1) is 25.2 Å². The molecule has 0 spiro atoms. The monoisotopic (exact) mass is 316 g/mol. The normalized spacial score (nSPS) is 11.5. The van der Waals surface area contributed by atoms with E-state index in [1.807, 2.05) is 0 Å². The lowest BCUT2D eigenvalue weighted by atomic mass is 10.0. The van der Waals surface area contributed by atoms with Crippen molar-refractivity contribution in [3.63, 3.8) is 0 Å². The van der Waals surface area contributed by atoms with Crippen molar-refractivity contribution >= 4 is 16.9 Å². The maximum atomic E-state index is 12.8. The molecular weight excluding hydrogens is 305 g/mol. The lowest BCUT2D eigenvalue weighted by Crippen LogP contribution is -2.15. The summed E-state index contributed by atoms with van der Waals surface area (Å²) >= 11 is 0. The zero-order valence-electron chi connectivity index (χ0n) is 11.8. The van der Waals surface area contributed by atoms with Crippen LogP contribution in [0, 0.1) is 6.92 Å². The van der Waals surface area contributed by atoms with Gasteiger partial charge in [-0.2, -0.15) is 13.2 Å². The van der Waals surface area contributed by atoms with Crippen LogP contribution in [0.4, 0.5) is 13.2 Å². The largest absolute Gasteiger partial charge is 0.493 e. The number of benzene rings is 1. The van der Waals surface area contributed by atoms with Gasteiger partial charge in [0.2, 0.25) is 5.76 Å². The number of hydrogen-bond donors (Lipinski definition) is 0. The quantitative estimate of drug-likeness (QED) is 0.797. The Bertz CT molecular complexity index is 805. The third-order valence-electron chi connectivity index (χ3n) is 3.05. The number of ether oxygens (including phenoxy) is 2. The fourth-order valence-corrected chi connectivity index (χ4v) is 2.09. The topological polar surface area (TPSA) is 65.7 Å². The number of alkyl halides is 3. The van der Waals surface area contributed by atoms with Crippen molar-refractivity contribution in [2.45, 2.75) is 13.1 Å². The molecule has 1 aromatic heterocycles. The van der Waals surface area contributed by atoms with E-state index >= 15 is 0 Å². The van der Waals surface area contributed by atoms with Crippen LogP contribution >= 0.6 is 0 Å². The smallest absolute Gasteiger partial charge is 0.449 e. The minimum atomic E-state index is -4.84. The van der Waals surface area contributed by atoms with Crippen molar-refractivity contribution in [3.8, 4) is 5.75 Å². The molecule has 5 nitrogen and oxygen atoms in total. The van der Waals surface area contributed by atoms with Crippen LogP contribution in [0.2, 0.25) is 0 Å². The molecule has 0 amide bonds. The molecule has 0 saturated carbocycles. The summed E-state index contributed by atoms with van der Waals surface area (Å²) < 4.78 is 52.6. The van der Waals surface area contributed by atoms with Gasteiger partial charge in [-0.05, 0) is 18.6 Å². The van der Waals surface area contributed by atoms with E-state index in [9.17, 15) is 22.8 Å². The average molecular weight is 316 g/mol. The van der Waals surface area contributed by atoms with Gasteiger partial charge in [-0.3, -0.25) is 4.79 Å². The highest BCUT2D eigenvalue weighted by Gasteiger charge is 2.36. The van der Waals surface area contributed by atoms with Crippen molar-refractivity contribution in [1.82, 2.24) is 0 Å². The minimum Gasteiger partial charge on any atom is -0.493 e. The van der Waals surface area contributed by atoms with Crippen molar-refractivity contribution < 1.29 is 31.9 Å². The zero-order chi connectivity index (χ0) is 16.7. The molecule has 0 saturated heterocycles. The third kappa shape index (κ3) is 2.51. The highest BCUT2D eigenvalue weighted by atomic mass is 19.4. The van der Waals surface area contributed by atoms with Crippen molar-refractivity contribution in [1.29, 1.82) is 0 Å². The second kappa shape index (κ2) is 5.36. The highest BCUT2D eigenvalue weighted by molar-refractivity contribution is 6.05. The molecule has 0 aliphatic heterocycles. The molecule has 1 heterocycles. The Hall–Kier alpha value is -2.51. The van der Waals surface area contributed by atoms with Crippen LogP contribution in [-0.2, 0) is 10.9 Å². The summed E-state index contributed by atoms with van der Waals surface area (Å²) in [7, 11) is 2.32. The third-order valence-corrected chi connectivity index (χ3v) is 3.05. The fourth-order valence-electron chi connectivity index (χ4n) is 2.09. The van der Waals surface area contributed by atoms with E-state index < -0.39 is 28.9 Å². The van der Waals surface area contributed by atoms with Crippen LogP contribution in [0.15, 0.2) is 21.3 Å². The van der Waals surface area contributed by atoms with Crippen LogP contribution in [0.5, 0.6) is 5.75 Å². The molecule has 0 atom stereocenters. The zero-order valence-corrected chi connectivity index (χ0v) is 11.8. The summed E-state index contributed by atoms with van der Waals surface area (Å²) in [6.45, 7) is 1.51. The van der Waals surface area contributed by atoms with Gasteiger partial charge in [-0.25, -0.2) is 4.79 Å². The Labute approximate surface area is 122 Å². The van der Waals surface area contributed by atoms with E-state index in [2.05, 4.69) is 4.74 Å². The molecular formula is C14H11F3O5. The first-order chi connectivity index (χ1) is 10.2. The lowest BCUT2D eigenvalue weighted by Gasteiger charge is -2.13. The maximum Gasteiger partial charge on any atom is 0.449 e. The Morgan fingerprint density at radius 1 is 1.23 bits per heavy atom. The molecule has 1 aromatic carbocycles. The van der Waals surface area contributed by atoms with Gasteiger partial charge in [0.25, 0.3) is 0 Å². The summed E-state index contributed by atoms with van der Waals surface area (Å²) in [5, 5.41) is -0.309. The van der Waals surface area contributed by atoms with Crippen LogP contribution in [0.3, 0.4) is 0 Å². The average Bonchev–Trinajstić information content (AvgIpc) is 2.45. The number of halogens is 3. The summed E-state index contributed by atoms with van der Waals surface area (Å²) in [6, 6.07) is 1.60. The Morgan fingerprint density at radius 3 is 2.36 bits per heavy atom. The van der Waals surface area contributed by atoms with E-state index in [0.29, 0.717) is 11.6 Å². The molecule has 0 N–H and O–H groups in total. The maximum absolute atomic E-state index is 12.8. The van der Waals surface area contributed by atoms with Gasteiger partial charge in [-0.15, -0.1) is 0 Å². The molecule has 2 aromatic rings. The standard InChI is InChI=1S/C14H11F3O5/c1-6-4-8(20-2)12-11(10(6)13(19)21-3)7(18)5-9(22-12)14(15,16)17/h4-5H,1-3H3. The fraction of sp³-hybridized carbons (Fsp3) is 0.286. The number of rotatable bonds is 2. The van der Waals surface area contributed by atoms with Crippen molar-refractivity contribution in [2.75, 3.05) is 14.2 Å². The lowest BCUT2D eigenvalue weighted by molar-refractivity contribution is -0.152. The van der Waals surface area contributed by atoms with Crippen molar-refractivity contribution in [2.24, 2.45) is 0 Å². The number of carbonyl (C=O) groups is 1. The van der Waals surface area contributed by atoms with E-state index in [1.165, 1.54) is 20.1 Å². The predicted octanol–water partition coefficient (Wildman–Crippen LogP) is 2.92. The first-order valence-corrected chi connectivity index (χ1v) is 6.01. The van der Waals surface area contributed by atoms with Gasteiger partial charge in [0, 0.05) is 6.07 Å². The Kier molecular flexibility index (Phi) is 3.87. The molecule has 8 heteroatoms. The number of aryl methyl sites for hydroxylation is 1. The number of esters is 1. The molecule has 0 aliphatic carbocycles. The Morgan fingerprint density at radius 2 is 1.86 bits per heavy atom. The second-order valence-corrected chi connectivity index (χ2v) is 4.44. The molecule has 22 heavy (non-hydrogen) atoms. The van der Waals surface area contributed by atoms with Crippen LogP contribution in [0.1, 0.15) is 21.7 Å². The van der Waals surface area contributed by atoms with Crippen molar-refractivity contribution in [3.05, 3.63) is 39.2 Å². The van der Waals surface area contributed by atoms with Gasteiger partial charge >= 0.3 is 12.1 Å². The molecule has 0 radical (unpaired) electrons. The highest BCUT2D eigenvalue weighted by Crippen LogP contribution is 2.35. The Balaban J connectivity index is 3.00. The van der Waals surface area contributed by atoms with Gasteiger partial charge in [0.1, 0.15) is 0 Å². The van der Waals surface area contributed by atoms with E-state index in [-0.39, 0.29) is 16.7 Å². The van der Waals surface area contributed by atoms with Gasteiger partial charge in [-0.1, -0.05) is 0 Å². The summed E-state index contributed by atoms with van der Waals surface area (Å²) in [5.74, 6) is -2.40. The number of hydrogen-bond acceptors (Lipinski definition) is 5. The van der Waals surface area contributed by atoms with E-state index in [4.69, 9.17) is 9.15 Å². The van der Waals surface area contributed by atoms with E-state index in [0.717, 1.165) is 7.11 Å². The summed E-state index contributed by atoms with van der Waals surface area (Å²) in [4.78, 5) is 23.9. The summed E-state index contributed by atoms with van der Waals surface area (Å²) in [5.41, 5.74) is -1.28. The molecule has 0 aliphatic rings. The van der Waals surface area contributed by atoms with Gasteiger partial charge in [0.15, 0.2) is 16.8 Å². The van der Waals surface area contributed by atoms with E-state index in [1.54, 1.807) is 0 Å². The number of fused-ring (bicyclic) bond motifs is 1. The van der Waals surface area contributed by atoms with Crippen LogP contribution in [0.25, 0.3) is 11.0 Å². The van der Waals surface area contributed by atoms with Crippen LogP contribution in [-0.4, -0.2) is 20.2 Å². The predicted molar refractivity (Wildman–Crippen MR) is 70.1 cm³/mol. The van der Waals surface area contributed by atoms with Gasteiger partial charge < -0.3 is 13.9 Å². The van der Waals surface area contributed by atoms with Crippen LogP contribution < -0.4 is 10.2 Å². The molecule has 0 unspecified atom stereocenters. The SMILES string of the molecule is COC(=O)c1c(C)cc(OC)c2oc(C(F)(F)F)cc(=O)c12. The molecule has 0 fully saturated rings. The molecule has 118 valence electrons. The summed E-state index contributed by atoms with van der Waals surface area (Å²) in [6.07, 6.45) is -4.84.